The van der Waals surface area contributed by atoms with Gasteiger partial charge in [-0.1, -0.05) is 18.2 Å². The summed E-state index contributed by atoms with van der Waals surface area (Å²) in [6, 6.07) is 14.2. The van der Waals surface area contributed by atoms with Crippen LogP contribution in [0.3, 0.4) is 0 Å². The topological polar surface area (TPSA) is 21.3 Å². The third kappa shape index (κ3) is 3.59. The summed E-state index contributed by atoms with van der Waals surface area (Å²) in [7, 11) is 1.95. The van der Waals surface area contributed by atoms with E-state index in [2.05, 4.69) is 56.2 Å². The van der Waals surface area contributed by atoms with Crippen molar-refractivity contribution >= 4 is 31.9 Å². The predicted octanol–water partition coefficient (Wildman–Crippen LogP) is 5.28. The molecule has 0 saturated heterocycles. The molecule has 0 fully saturated rings. The van der Waals surface area contributed by atoms with Gasteiger partial charge in [0.15, 0.2) is 0 Å². The number of benzene rings is 2. The molecule has 1 N–H and O–H groups in total. The van der Waals surface area contributed by atoms with Gasteiger partial charge in [-0.05, 0) is 75.7 Å². The number of hydrogen-bond acceptors (Lipinski definition) is 2. The molecule has 0 aliphatic rings. The molecule has 0 aliphatic carbocycles. The van der Waals surface area contributed by atoms with Crippen molar-refractivity contribution in [1.82, 2.24) is 5.32 Å². The Balaban J connectivity index is 2.25. The lowest BCUT2D eigenvalue weighted by Crippen LogP contribution is -2.12. The molecule has 2 nitrogen and oxygen atoms in total. The zero-order chi connectivity index (χ0) is 13.8. The molecular formula is C15H15Br2NO. The Morgan fingerprint density at radius 3 is 2.32 bits per heavy atom. The summed E-state index contributed by atoms with van der Waals surface area (Å²) in [5.41, 5.74) is 1.22. The Kier molecular flexibility index (Phi) is 5.02. The highest BCUT2D eigenvalue weighted by atomic mass is 79.9. The zero-order valence-corrected chi connectivity index (χ0v) is 14.0. The maximum atomic E-state index is 5.89. The average molecular weight is 385 g/mol. The lowest BCUT2D eigenvalue weighted by atomic mass is 10.1. The first kappa shape index (κ1) is 14.6. The number of hydrogen-bond donors (Lipinski definition) is 1. The molecule has 0 bridgehead atoms. The van der Waals surface area contributed by atoms with Crippen LogP contribution in [0.5, 0.6) is 11.5 Å². The van der Waals surface area contributed by atoms with E-state index in [-0.39, 0.29) is 0 Å². The van der Waals surface area contributed by atoms with E-state index in [9.17, 15) is 0 Å². The van der Waals surface area contributed by atoms with E-state index in [0.717, 1.165) is 20.4 Å². The third-order valence-corrected chi connectivity index (χ3v) is 4.22. The molecule has 0 heterocycles. The van der Waals surface area contributed by atoms with Crippen molar-refractivity contribution < 1.29 is 4.74 Å². The van der Waals surface area contributed by atoms with Crippen molar-refractivity contribution in [2.75, 3.05) is 7.05 Å². The Labute approximate surface area is 130 Å². The summed E-state index contributed by atoms with van der Waals surface area (Å²) in [6.45, 7) is 2.12. The van der Waals surface area contributed by atoms with Crippen LogP contribution < -0.4 is 10.1 Å². The molecule has 2 aromatic carbocycles. The van der Waals surface area contributed by atoms with E-state index in [1.165, 1.54) is 5.56 Å². The average Bonchev–Trinajstić information content (AvgIpc) is 2.42. The maximum absolute atomic E-state index is 5.89. The molecule has 0 radical (unpaired) electrons. The van der Waals surface area contributed by atoms with Crippen LogP contribution in [-0.2, 0) is 0 Å². The zero-order valence-electron chi connectivity index (χ0n) is 10.8. The molecule has 0 amide bonds. The summed E-state index contributed by atoms with van der Waals surface area (Å²) in [5, 5.41) is 3.22. The third-order valence-electron chi connectivity index (χ3n) is 2.95. The van der Waals surface area contributed by atoms with Gasteiger partial charge in [0.05, 0.1) is 8.95 Å². The van der Waals surface area contributed by atoms with Crippen LogP contribution >= 0.6 is 31.9 Å². The molecule has 0 spiro atoms. The Morgan fingerprint density at radius 2 is 1.68 bits per heavy atom. The summed E-state index contributed by atoms with van der Waals surface area (Å²) in [6.07, 6.45) is 0. The van der Waals surface area contributed by atoms with E-state index < -0.39 is 0 Å². The van der Waals surface area contributed by atoms with Crippen LogP contribution in [0, 0.1) is 0 Å². The maximum Gasteiger partial charge on any atom is 0.141 e. The van der Waals surface area contributed by atoms with Gasteiger partial charge in [-0.25, -0.2) is 0 Å². The fraction of sp³-hybridized carbons (Fsp3) is 0.200. The van der Waals surface area contributed by atoms with Gasteiger partial charge in [-0.15, -0.1) is 0 Å². The second-order valence-corrected chi connectivity index (χ2v) is 5.94. The molecule has 0 aromatic heterocycles. The van der Waals surface area contributed by atoms with Gasteiger partial charge in [-0.3, -0.25) is 0 Å². The smallest absolute Gasteiger partial charge is 0.141 e. The highest BCUT2D eigenvalue weighted by Gasteiger charge is 2.09. The van der Waals surface area contributed by atoms with E-state index in [1.54, 1.807) is 0 Å². The predicted molar refractivity (Wildman–Crippen MR) is 85.8 cm³/mol. The number of para-hydroxylation sites is 1. The number of halogens is 2. The van der Waals surface area contributed by atoms with Crippen LogP contribution in [0.25, 0.3) is 0 Å². The molecule has 2 aromatic rings. The molecule has 1 atom stereocenters. The van der Waals surface area contributed by atoms with Crippen LogP contribution in [0.4, 0.5) is 0 Å². The van der Waals surface area contributed by atoms with E-state index >= 15 is 0 Å². The first-order valence-corrected chi connectivity index (χ1v) is 7.59. The SMILES string of the molecule is CNC(C)c1ccc(Oc2ccccc2Br)c(Br)c1. The normalized spacial score (nSPS) is 12.2. The van der Waals surface area contributed by atoms with E-state index in [1.807, 2.05) is 37.4 Å². The van der Waals surface area contributed by atoms with Gasteiger partial charge in [-0.2, -0.15) is 0 Å². The molecule has 100 valence electrons. The van der Waals surface area contributed by atoms with Crippen molar-refractivity contribution in [3.05, 3.63) is 57.0 Å². The van der Waals surface area contributed by atoms with Crippen molar-refractivity contribution in [3.63, 3.8) is 0 Å². The molecule has 0 saturated carbocycles. The van der Waals surface area contributed by atoms with Crippen molar-refractivity contribution in [2.24, 2.45) is 0 Å². The Hall–Kier alpha value is -0.840. The summed E-state index contributed by atoms with van der Waals surface area (Å²) >= 11 is 7.04. The largest absolute Gasteiger partial charge is 0.455 e. The first-order chi connectivity index (χ1) is 9.11. The molecule has 4 heteroatoms. The van der Waals surface area contributed by atoms with Crippen molar-refractivity contribution in [3.8, 4) is 11.5 Å². The van der Waals surface area contributed by atoms with Crippen molar-refractivity contribution in [1.29, 1.82) is 0 Å². The van der Waals surface area contributed by atoms with Gasteiger partial charge in [0.2, 0.25) is 0 Å². The van der Waals surface area contributed by atoms with Crippen molar-refractivity contribution in [2.45, 2.75) is 13.0 Å². The standard InChI is InChI=1S/C15H15Br2NO/c1-10(18-2)11-7-8-15(13(17)9-11)19-14-6-4-3-5-12(14)16/h3-10,18H,1-2H3. The summed E-state index contributed by atoms with van der Waals surface area (Å²) in [4.78, 5) is 0. The number of ether oxygens (including phenoxy) is 1. The molecule has 0 aliphatic heterocycles. The van der Waals surface area contributed by atoms with Crippen LogP contribution in [0.15, 0.2) is 51.4 Å². The van der Waals surface area contributed by atoms with E-state index in [0.29, 0.717) is 6.04 Å². The van der Waals surface area contributed by atoms with Crippen LogP contribution in [-0.4, -0.2) is 7.05 Å². The molecular weight excluding hydrogens is 370 g/mol. The second kappa shape index (κ2) is 6.55. The second-order valence-electron chi connectivity index (χ2n) is 4.23. The minimum absolute atomic E-state index is 0.314. The fourth-order valence-corrected chi connectivity index (χ4v) is 2.52. The first-order valence-electron chi connectivity index (χ1n) is 6.01. The molecule has 19 heavy (non-hydrogen) atoms. The van der Waals surface area contributed by atoms with Crippen LogP contribution in [0.1, 0.15) is 18.5 Å². The van der Waals surface area contributed by atoms with Gasteiger partial charge in [0.25, 0.3) is 0 Å². The minimum atomic E-state index is 0.314. The van der Waals surface area contributed by atoms with Gasteiger partial charge < -0.3 is 10.1 Å². The lowest BCUT2D eigenvalue weighted by Gasteiger charge is -2.14. The number of nitrogens with one attached hydrogen (secondary N) is 1. The Morgan fingerprint density at radius 1 is 1.00 bits per heavy atom. The minimum Gasteiger partial charge on any atom is -0.455 e. The van der Waals surface area contributed by atoms with Gasteiger partial charge in [0.1, 0.15) is 11.5 Å². The van der Waals surface area contributed by atoms with Crippen LogP contribution in [0.2, 0.25) is 0 Å². The summed E-state index contributed by atoms with van der Waals surface area (Å²) in [5.74, 6) is 1.61. The highest BCUT2D eigenvalue weighted by molar-refractivity contribution is 9.11. The molecule has 1 unspecified atom stereocenters. The van der Waals surface area contributed by atoms with Gasteiger partial charge >= 0.3 is 0 Å². The monoisotopic (exact) mass is 383 g/mol. The lowest BCUT2D eigenvalue weighted by molar-refractivity contribution is 0.476. The fourth-order valence-electron chi connectivity index (χ4n) is 1.68. The highest BCUT2D eigenvalue weighted by Crippen LogP contribution is 2.34. The quantitative estimate of drug-likeness (QED) is 0.773. The summed E-state index contributed by atoms with van der Waals surface area (Å²) < 4.78 is 7.78. The van der Waals surface area contributed by atoms with Gasteiger partial charge in [0, 0.05) is 6.04 Å². The number of rotatable bonds is 4. The van der Waals surface area contributed by atoms with E-state index in [4.69, 9.17) is 4.74 Å². The molecule has 2 rings (SSSR count). The Bertz CT molecular complexity index is 572.